The van der Waals surface area contributed by atoms with Crippen LogP contribution < -0.4 is 4.72 Å². The molecule has 0 aliphatic rings. The van der Waals surface area contributed by atoms with Crippen molar-refractivity contribution in [3.8, 4) is 0 Å². The lowest BCUT2D eigenvalue weighted by molar-refractivity contribution is -0.136. The summed E-state index contributed by atoms with van der Waals surface area (Å²) in [6.07, 6.45) is 0. The molecule has 0 amide bonds. The smallest absolute Gasteiger partial charge is 0.323 e. The summed E-state index contributed by atoms with van der Waals surface area (Å²) in [4.78, 5) is 10.4. The Morgan fingerprint density at radius 2 is 1.93 bits per heavy atom. The number of aliphatic hydroxyl groups is 1. The molecule has 0 saturated heterocycles. The van der Waals surface area contributed by atoms with Crippen LogP contribution in [-0.4, -0.2) is 42.0 Å². The minimum absolute atomic E-state index is 0.215. The van der Waals surface area contributed by atoms with Gasteiger partial charge in [0.05, 0.1) is 5.60 Å². The van der Waals surface area contributed by atoms with Gasteiger partial charge in [0.15, 0.2) is 5.25 Å². The van der Waals surface area contributed by atoms with Gasteiger partial charge in [-0.15, -0.1) is 0 Å². The lowest BCUT2D eigenvalue weighted by Gasteiger charge is -2.18. The van der Waals surface area contributed by atoms with E-state index in [0.717, 1.165) is 6.92 Å². The lowest BCUT2D eigenvalue weighted by Crippen LogP contribution is -2.44. The molecule has 0 heterocycles. The summed E-state index contributed by atoms with van der Waals surface area (Å²) in [7, 11) is -3.90. The van der Waals surface area contributed by atoms with Crippen molar-refractivity contribution in [2.45, 2.75) is 31.6 Å². The highest BCUT2D eigenvalue weighted by molar-refractivity contribution is 7.90. The average Bonchev–Trinajstić information content (AvgIpc) is 1.98. The molecule has 0 aliphatic heterocycles. The van der Waals surface area contributed by atoms with Crippen molar-refractivity contribution in [3.05, 3.63) is 0 Å². The highest BCUT2D eigenvalue weighted by Crippen LogP contribution is 2.02. The molecule has 0 bridgehead atoms. The molecule has 6 nitrogen and oxygen atoms in total. The Morgan fingerprint density at radius 1 is 1.50 bits per heavy atom. The van der Waals surface area contributed by atoms with Crippen LogP contribution in [0.15, 0.2) is 0 Å². The van der Waals surface area contributed by atoms with E-state index in [9.17, 15) is 18.3 Å². The van der Waals surface area contributed by atoms with Crippen LogP contribution in [0.4, 0.5) is 0 Å². The van der Waals surface area contributed by atoms with E-state index in [-0.39, 0.29) is 6.54 Å². The Bertz CT molecular complexity index is 303. The van der Waals surface area contributed by atoms with Crippen LogP contribution in [0.25, 0.3) is 0 Å². The van der Waals surface area contributed by atoms with Crippen molar-refractivity contribution in [1.29, 1.82) is 0 Å². The van der Waals surface area contributed by atoms with Crippen molar-refractivity contribution in [2.75, 3.05) is 6.54 Å². The largest absolute Gasteiger partial charge is 0.480 e. The van der Waals surface area contributed by atoms with Gasteiger partial charge in [0, 0.05) is 6.54 Å². The summed E-state index contributed by atoms with van der Waals surface area (Å²) in [5.41, 5.74) is -1.20. The summed E-state index contributed by atoms with van der Waals surface area (Å²) in [6, 6.07) is 0. The molecule has 7 heteroatoms. The number of hydrogen-bond donors (Lipinski definition) is 3. The second-order valence-corrected chi connectivity index (χ2v) is 5.74. The van der Waals surface area contributed by atoms with E-state index in [1.165, 1.54) is 13.8 Å². The monoisotopic (exact) mass is 225 g/mol. The first-order valence-electron chi connectivity index (χ1n) is 4.00. The van der Waals surface area contributed by atoms with E-state index in [0.29, 0.717) is 0 Å². The molecule has 0 aromatic rings. The fourth-order valence-corrected chi connectivity index (χ4v) is 1.60. The molecule has 1 atom stereocenters. The Kier molecular flexibility index (Phi) is 4.04. The maximum atomic E-state index is 11.2. The number of nitrogens with one attached hydrogen (secondary N) is 1. The van der Waals surface area contributed by atoms with Gasteiger partial charge < -0.3 is 10.2 Å². The van der Waals surface area contributed by atoms with Crippen molar-refractivity contribution < 1.29 is 23.4 Å². The fraction of sp³-hybridized carbons (Fsp3) is 0.857. The van der Waals surface area contributed by atoms with Gasteiger partial charge in [-0.2, -0.15) is 0 Å². The number of aliphatic carboxylic acids is 1. The van der Waals surface area contributed by atoms with Crippen LogP contribution in [0.3, 0.4) is 0 Å². The molecule has 0 radical (unpaired) electrons. The van der Waals surface area contributed by atoms with Crippen LogP contribution in [-0.2, 0) is 14.8 Å². The lowest BCUT2D eigenvalue weighted by atomic mass is 10.1. The van der Waals surface area contributed by atoms with Crippen molar-refractivity contribution in [1.82, 2.24) is 4.72 Å². The van der Waals surface area contributed by atoms with E-state index in [4.69, 9.17) is 5.11 Å². The third-order valence-corrected chi connectivity index (χ3v) is 3.20. The zero-order valence-electron chi connectivity index (χ0n) is 8.31. The normalized spacial score (nSPS) is 15.1. The van der Waals surface area contributed by atoms with Crippen molar-refractivity contribution in [3.63, 3.8) is 0 Å². The standard InChI is InChI=1S/C7H15NO5S/c1-5(6(9)10)14(12,13)8-4-7(2,3)11/h5,8,11H,4H2,1-3H3,(H,9,10). The highest BCUT2D eigenvalue weighted by Gasteiger charge is 2.28. The molecule has 0 aliphatic carbocycles. The van der Waals surface area contributed by atoms with Crippen LogP contribution in [0, 0.1) is 0 Å². The number of hydrogen-bond acceptors (Lipinski definition) is 4. The first kappa shape index (κ1) is 13.3. The highest BCUT2D eigenvalue weighted by atomic mass is 32.2. The van der Waals surface area contributed by atoms with E-state index in [1.54, 1.807) is 0 Å². The molecule has 0 spiro atoms. The van der Waals surface area contributed by atoms with Gasteiger partial charge in [0.25, 0.3) is 0 Å². The van der Waals surface area contributed by atoms with E-state index < -0.39 is 26.8 Å². The Balaban J connectivity index is 4.45. The molecule has 0 saturated carbocycles. The molecule has 14 heavy (non-hydrogen) atoms. The minimum atomic E-state index is -3.90. The van der Waals surface area contributed by atoms with Gasteiger partial charge in [-0.1, -0.05) is 0 Å². The number of carbonyl (C=O) groups is 1. The number of carboxylic acids is 1. The van der Waals surface area contributed by atoms with E-state index in [2.05, 4.69) is 0 Å². The molecular formula is C7H15NO5S. The van der Waals surface area contributed by atoms with Gasteiger partial charge in [-0.25, -0.2) is 13.1 Å². The Labute approximate surface area is 83.0 Å². The van der Waals surface area contributed by atoms with Crippen LogP contribution >= 0.6 is 0 Å². The number of rotatable bonds is 5. The SMILES string of the molecule is CC(C(=O)O)S(=O)(=O)NCC(C)(C)O. The minimum Gasteiger partial charge on any atom is -0.480 e. The maximum Gasteiger partial charge on any atom is 0.323 e. The molecule has 84 valence electrons. The molecule has 1 unspecified atom stereocenters. The first-order chi connectivity index (χ1) is 6.06. The first-order valence-corrected chi connectivity index (χ1v) is 5.54. The van der Waals surface area contributed by atoms with Gasteiger partial charge in [-0.3, -0.25) is 4.79 Å². The Morgan fingerprint density at radius 3 is 2.21 bits per heavy atom. The summed E-state index contributed by atoms with van der Waals surface area (Å²) >= 11 is 0. The predicted molar refractivity (Wildman–Crippen MR) is 50.3 cm³/mol. The Hall–Kier alpha value is -0.660. The third-order valence-electron chi connectivity index (χ3n) is 1.52. The number of sulfonamides is 1. The summed E-state index contributed by atoms with van der Waals surface area (Å²) in [6.45, 7) is 3.68. The maximum absolute atomic E-state index is 11.2. The second-order valence-electron chi connectivity index (χ2n) is 3.66. The molecule has 0 rings (SSSR count). The molecular weight excluding hydrogens is 210 g/mol. The molecule has 0 fully saturated rings. The van der Waals surface area contributed by atoms with Gasteiger partial charge in [-0.05, 0) is 20.8 Å². The predicted octanol–water partition coefficient (Wildman–Crippen LogP) is -0.850. The molecule has 3 N–H and O–H groups in total. The topological polar surface area (TPSA) is 104 Å². The third kappa shape index (κ3) is 4.54. The van der Waals surface area contributed by atoms with E-state index >= 15 is 0 Å². The van der Waals surface area contributed by atoms with Crippen molar-refractivity contribution >= 4 is 16.0 Å². The van der Waals surface area contributed by atoms with Gasteiger partial charge in [0.2, 0.25) is 10.0 Å². The van der Waals surface area contributed by atoms with Gasteiger partial charge >= 0.3 is 5.97 Å². The number of carboxylic acid groups (broad SMARTS) is 1. The quantitative estimate of drug-likeness (QED) is 0.565. The van der Waals surface area contributed by atoms with Crippen LogP contribution in [0.2, 0.25) is 0 Å². The average molecular weight is 225 g/mol. The summed E-state index contributed by atoms with van der Waals surface area (Å²) in [5, 5.41) is 16.2. The van der Waals surface area contributed by atoms with Gasteiger partial charge in [0.1, 0.15) is 0 Å². The second kappa shape index (κ2) is 4.24. The zero-order chi connectivity index (χ0) is 11.6. The van der Waals surface area contributed by atoms with Crippen LogP contribution in [0.5, 0.6) is 0 Å². The zero-order valence-corrected chi connectivity index (χ0v) is 9.13. The molecule has 0 aromatic heterocycles. The summed E-state index contributed by atoms with van der Waals surface area (Å²) in [5.74, 6) is -1.42. The fourth-order valence-electron chi connectivity index (χ4n) is 0.535. The molecule has 0 aromatic carbocycles. The van der Waals surface area contributed by atoms with E-state index in [1.807, 2.05) is 4.72 Å². The summed E-state index contributed by atoms with van der Waals surface area (Å²) < 4.78 is 24.5. The van der Waals surface area contributed by atoms with Crippen LogP contribution in [0.1, 0.15) is 20.8 Å². The van der Waals surface area contributed by atoms with Crippen molar-refractivity contribution in [2.24, 2.45) is 0 Å².